The molecule has 7 nitrogen and oxygen atoms in total. The third-order valence-electron chi connectivity index (χ3n) is 3.76. The van der Waals surface area contributed by atoms with E-state index in [9.17, 15) is 5.11 Å². The van der Waals surface area contributed by atoms with Crippen molar-refractivity contribution in [3.63, 3.8) is 0 Å². The van der Waals surface area contributed by atoms with Gasteiger partial charge in [-0.25, -0.2) is 4.98 Å². The van der Waals surface area contributed by atoms with Crippen LogP contribution in [0.25, 0.3) is 11.3 Å². The molecular weight excluding hydrogens is 366 g/mol. The third kappa shape index (κ3) is 4.84. The number of nitrogens with one attached hydrogen (secondary N) is 2. The molecule has 0 saturated heterocycles. The van der Waals surface area contributed by atoms with Gasteiger partial charge in [0.15, 0.2) is 0 Å². The Morgan fingerprint density at radius 1 is 1.22 bits per heavy atom. The van der Waals surface area contributed by atoms with Crippen molar-refractivity contribution in [1.29, 1.82) is 0 Å². The molecule has 1 aromatic carbocycles. The van der Waals surface area contributed by atoms with E-state index in [1.54, 1.807) is 37.7 Å². The van der Waals surface area contributed by atoms with Crippen molar-refractivity contribution in [2.75, 3.05) is 24.4 Å². The zero-order valence-electron chi connectivity index (χ0n) is 15.0. The fourth-order valence-electron chi connectivity index (χ4n) is 2.42. The predicted octanol–water partition coefficient (Wildman–Crippen LogP) is 3.74. The van der Waals surface area contributed by atoms with Crippen LogP contribution >= 0.6 is 11.6 Å². The number of methoxy groups -OCH3 is 1. The maximum atomic E-state index is 9.31. The fraction of sp³-hybridized carbons (Fsp3) is 0.211. The van der Waals surface area contributed by atoms with E-state index in [2.05, 4.69) is 25.6 Å². The molecule has 0 amide bonds. The lowest BCUT2D eigenvalue weighted by Crippen LogP contribution is -2.21. The molecule has 0 aliphatic rings. The van der Waals surface area contributed by atoms with Gasteiger partial charge in [-0.15, -0.1) is 0 Å². The molecule has 3 N–H and O–H groups in total. The van der Waals surface area contributed by atoms with Crippen LogP contribution in [0, 0.1) is 0 Å². The summed E-state index contributed by atoms with van der Waals surface area (Å²) in [5.41, 5.74) is 2.22. The highest BCUT2D eigenvalue weighted by Crippen LogP contribution is 2.31. The van der Waals surface area contributed by atoms with E-state index in [1.807, 2.05) is 25.1 Å². The summed E-state index contributed by atoms with van der Waals surface area (Å²) in [4.78, 5) is 13.1. The lowest BCUT2D eigenvalue weighted by molar-refractivity contribution is 0.281. The summed E-state index contributed by atoms with van der Waals surface area (Å²) in [6, 6.07) is 10.7. The lowest BCUT2D eigenvalue weighted by atomic mass is 10.2. The number of aliphatic hydroxyl groups excluding tert-OH is 1. The monoisotopic (exact) mass is 385 g/mol. The number of hydrogen-bond donors (Lipinski definition) is 3. The number of benzene rings is 1. The second-order valence-corrected chi connectivity index (χ2v) is 6.34. The van der Waals surface area contributed by atoms with E-state index >= 15 is 0 Å². The van der Waals surface area contributed by atoms with Crippen molar-refractivity contribution in [2.45, 2.75) is 13.0 Å². The normalized spacial score (nSPS) is 11.7. The predicted molar refractivity (Wildman–Crippen MR) is 107 cm³/mol. The number of hydrogen-bond acceptors (Lipinski definition) is 7. The summed E-state index contributed by atoms with van der Waals surface area (Å²) in [6.45, 7) is 1.80. The Balaban J connectivity index is 2.01. The molecule has 0 unspecified atom stereocenters. The molecule has 2 heterocycles. The standard InChI is InChI=1S/C19H20ClN5O2/c1-12(11-26)22-19-24-15(13-4-3-7-21-10-13)9-18(25-19)23-16-8-14(20)5-6-17(16)27-2/h3-10,12,26H,11H2,1-2H3,(H2,22,23,24,25)/t12-/m1/s1. The highest BCUT2D eigenvalue weighted by Gasteiger charge is 2.11. The zero-order chi connectivity index (χ0) is 19.2. The summed E-state index contributed by atoms with van der Waals surface area (Å²) >= 11 is 6.11. The molecule has 3 aromatic rings. The average Bonchev–Trinajstić information content (AvgIpc) is 2.68. The van der Waals surface area contributed by atoms with E-state index in [0.29, 0.717) is 33.9 Å². The van der Waals surface area contributed by atoms with Crippen molar-refractivity contribution in [3.05, 3.63) is 53.8 Å². The number of aromatic nitrogens is 3. The topological polar surface area (TPSA) is 92.2 Å². The number of nitrogens with zero attached hydrogens (tertiary/aromatic N) is 3. The third-order valence-corrected chi connectivity index (χ3v) is 3.99. The van der Waals surface area contributed by atoms with Gasteiger partial charge in [0.2, 0.25) is 5.95 Å². The Morgan fingerprint density at radius 2 is 2.07 bits per heavy atom. The van der Waals surface area contributed by atoms with Gasteiger partial charge in [0.25, 0.3) is 0 Å². The molecule has 0 radical (unpaired) electrons. The fourth-order valence-corrected chi connectivity index (χ4v) is 2.59. The molecule has 1 atom stereocenters. The van der Waals surface area contributed by atoms with Gasteiger partial charge in [-0.05, 0) is 37.3 Å². The molecule has 0 saturated carbocycles. The lowest BCUT2D eigenvalue weighted by Gasteiger charge is -2.15. The highest BCUT2D eigenvalue weighted by molar-refractivity contribution is 6.31. The minimum Gasteiger partial charge on any atom is -0.495 e. The summed E-state index contributed by atoms with van der Waals surface area (Å²) in [7, 11) is 1.59. The van der Waals surface area contributed by atoms with E-state index in [4.69, 9.17) is 16.3 Å². The molecule has 0 aliphatic carbocycles. The van der Waals surface area contributed by atoms with Crippen molar-refractivity contribution in [2.24, 2.45) is 0 Å². The number of pyridine rings is 1. The van der Waals surface area contributed by atoms with Gasteiger partial charge in [-0.1, -0.05) is 11.6 Å². The summed E-state index contributed by atoms with van der Waals surface area (Å²) < 4.78 is 5.38. The van der Waals surface area contributed by atoms with E-state index < -0.39 is 0 Å². The van der Waals surface area contributed by atoms with Crippen LogP contribution < -0.4 is 15.4 Å². The van der Waals surface area contributed by atoms with Crippen LogP contribution in [0.3, 0.4) is 0 Å². The molecule has 8 heteroatoms. The van der Waals surface area contributed by atoms with Gasteiger partial charge in [0.05, 0.1) is 25.1 Å². The first kappa shape index (κ1) is 18.9. The molecule has 2 aromatic heterocycles. The van der Waals surface area contributed by atoms with E-state index in [-0.39, 0.29) is 12.6 Å². The van der Waals surface area contributed by atoms with Gasteiger partial charge in [-0.2, -0.15) is 4.98 Å². The SMILES string of the molecule is COc1ccc(Cl)cc1Nc1cc(-c2cccnc2)nc(N[C@H](C)CO)n1. The Hall–Kier alpha value is -2.90. The number of rotatable bonds is 7. The molecule has 0 bridgehead atoms. The first-order chi connectivity index (χ1) is 13.1. The van der Waals surface area contributed by atoms with Crippen molar-refractivity contribution in [3.8, 4) is 17.0 Å². The molecule has 140 valence electrons. The number of halogens is 1. The largest absolute Gasteiger partial charge is 0.495 e. The van der Waals surface area contributed by atoms with Gasteiger partial charge in [-0.3, -0.25) is 4.98 Å². The Labute approximate surface area is 162 Å². The summed E-state index contributed by atoms with van der Waals surface area (Å²) in [6.07, 6.45) is 3.43. The quantitative estimate of drug-likeness (QED) is 0.570. The minimum atomic E-state index is -0.192. The van der Waals surface area contributed by atoms with Crippen LogP contribution in [-0.4, -0.2) is 39.8 Å². The van der Waals surface area contributed by atoms with Crippen LogP contribution in [0.1, 0.15) is 6.92 Å². The summed E-state index contributed by atoms with van der Waals surface area (Å²) in [5, 5.41) is 16.2. The smallest absolute Gasteiger partial charge is 0.225 e. The Morgan fingerprint density at radius 3 is 2.78 bits per heavy atom. The van der Waals surface area contributed by atoms with Gasteiger partial charge >= 0.3 is 0 Å². The maximum Gasteiger partial charge on any atom is 0.225 e. The van der Waals surface area contributed by atoms with Crippen LogP contribution in [0.5, 0.6) is 5.75 Å². The number of ether oxygens (including phenoxy) is 1. The molecule has 0 fully saturated rings. The van der Waals surface area contributed by atoms with Crippen molar-refractivity contribution in [1.82, 2.24) is 15.0 Å². The van der Waals surface area contributed by atoms with E-state index in [1.165, 1.54) is 0 Å². The molecule has 27 heavy (non-hydrogen) atoms. The minimum absolute atomic E-state index is 0.0364. The molecule has 0 spiro atoms. The Kier molecular flexibility index (Phi) is 6.05. The second kappa shape index (κ2) is 8.66. The van der Waals surface area contributed by atoms with Crippen molar-refractivity contribution >= 4 is 29.1 Å². The Bertz CT molecular complexity index is 908. The maximum absolute atomic E-state index is 9.31. The van der Waals surface area contributed by atoms with Crippen LogP contribution in [0.15, 0.2) is 48.8 Å². The number of anilines is 3. The first-order valence-electron chi connectivity index (χ1n) is 8.36. The molecule has 3 rings (SSSR count). The zero-order valence-corrected chi connectivity index (χ0v) is 15.7. The van der Waals surface area contributed by atoms with Crippen LogP contribution in [0.2, 0.25) is 5.02 Å². The molecule has 0 aliphatic heterocycles. The van der Waals surface area contributed by atoms with Gasteiger partial charge < -0.3 is 20.5 Å². The average molecular weight is 386 g/mol. The van der Waals surface area contributed by atoms with Gasteiger partial charge in [0, 0.05) is 35.1 Å². The van der Waals surface area contributed by atoms with E-state index in [0.717, 1.165) is 5.56 Å². The van der Waals surface area contributed by atoms with Crippen molar-refractivity contribution < 1.29 is 9.84 Å². The van der Waals surface area contributed by atoms with Crippen LogP contribution in [-0.2, 0) is 0 Å². The number of aliphatic hydroxyl groups is 1. The first-order valence-corrected chi connectivity index (χ1v) is 8.74. The highest BCUT2D eigenvalue weighted by atomic mass is 35.5. The molecular formula is C19H20ClN5O2. The second-order valence-electron chi connectivity index (χ2n) is 5.90. The summed E-state index contributed by atoms with van der Waals surface area (Å²) in [5.74, 6) is 1.58. The van der Waals surface area contributed by atoms with Crippen LogP contribution in [0.4, 0.5) is 17.5 Å². The van der Waals surface area contributed by atoms with Gasteiger partial charge in [0.1, 0.15) is 11.6 Å².